The summed E-state index contributed by atoms with van der Waals surface area (Å²) in [7, 11) is 0. The van der Waals surface area contributed by atoms with Crippen LogP contribution in [0.25, 0.3) is 0 Å². The Morgan fingerprint density at radius 2 is 2.31 bits per heavy atom. The quantitative estimate of drug-likeness (QED) is 0.758. The Kier molecular flexibility index (Phi) is 1.55. The normalized spacial score (nSPS) is 24.7. The van der Waals surface area contributed by atoms with Gasteiger partial charge < -0.3 is 5.11 Å². The summed E-state index contributed by atoms with van der Waals surface area (Å²) < 4.78 is 26.4. The molecule has 1 aliphatic carbocycles. The first-order valence-electron chi connectivity index (χ1n) is 4.07. The number of rotatable bonds is 2. The molecule has 72 valence electrons. The van der Waals surface area contributed by atoms with E-state index in [1.165, 1.54) is 0 Å². The van der Waals surface area contributed by atoms with Crippen LogP contribution in [0.2, 0.25) is 0 Å². The van der Waals surface area contributed by atoms with E-state index in [0.29, 0.717) is 12.1 Å². The lowest BCUT2D eigenvalue weighted by Gasteiger charge is -2.01. The fraction of sp³-hybridized carbons (Fsp3) is 0.714. The van der Waals surface area contributed by atoms with Gasteiger partial charge in [-0.25, -0.2) is 13.5 Å². The van der Waals surface area contributed by atoms with E-state index in [0.717, 1.165) is 4.68 Å². The number of aromatic hydroxyl groups is 1. The molecule has 2 rings (SSSR count). The number of hydrogen-bond donors (Lipinski definition) is 1. The van der Waals surface area contributed by atoms with E-state index in [9.17, 15) is 8.78 Å². The summed E-state index contributed by atoms with van der Waals surface area (Å²) >= 11 is 0. The second kappa shape index (κ2) is 2.40. The highest BCUT2D eigenvalue weighted by Gasteiger charge is 2.59. The standard InChI is InChI=1S/C7H9F2N3O/c1-2-4-6(13)10-11-12(4)5-3-7(5,8)9/h5,13H,2-3H2,1H3. The summed E-state index contributed by atoms with van der Waals surface area (Å²) in [6.07, 6.45) is 0.244. The van der Waals surface area contributed by atoms with Crippen molar-refractivity contribution in [3.05, 3.63) is 5.69 Å². The van der Waals surface area contributed by atoms with Crippen LogP contribution < -0.4 is 0 Å². The van der Waals surface area contributed by atoms with Crippen molar-refractivity contribution in [3.63, 3.8) is 0 Å². The molecule has 1 aliphatic rings. The second-order valence-corrected chi connectivity index (χ2v) is 3.14. The molecular weight excluding hydrogens is 180 g/mol. The van der Waals surface area contributed by atoms with Crippen molar-refractivity contribution < 1.29 is 13.9 Å². The number of alkyl halides is 2. The summed E-state index contributed by atoms with van der Waals surface area (Å²) in [5.41, 5.74) is 0.377. The Bertz CT molecular complexity index is 336. The smallest absolute Gasteiger partial charge is 0.272 e. The lowest BCUT2D eigenvalue weighted by Crippen LogP contribution is -2.07. The number of nitrogens with zero attached hydrogens (tertiary/aromatic N) is 3. The summed E-state index contributed by atoms with van der Waals surface area (Å²) in [4.78, 5) is 0. The van der Waals surface area contributed by atoms with Crippen LogP contribution in [0.5, 0.6) is 5.88 Å². The monoisotopic (exact) mass is 189 g/mol. The molecule has 0 amide bonds. The van der Waals surface area contributed by atoms with Gasteiger partial charge in [-0.1, -0.05) is 17.2 Å². The Hall–Kier alpha value is -1.20. The van der Waals surface area contributed by atoms with Crippen LogP contribution in [-0.4, -0.2) is 26.0 Å². The SMILES string of the molecule is CCc1c(O)nnn1C1CC1(F)F. The molecule has 1 aromatic heterocycles. The molecule has 1 heterocycles. The van der Waals surface area contributed by atoms with Crippen LogP contribution in [0.15, 0.2) is 0 Å². The van der Waals surface area contributed by atoms with Gasteiger partial charge in [-0.3, -0.25) is 0 Å². The zero-order chi connectivity index (χ0) is 9.64. The van der Waals surface area contributed by atoms with E-state index in [1.807, 2.05) is 0 Å². The minimum absolute atomic E-state index is 0.206. The fourth-order valence-electron chi connectivity index (χ4n) is 1.34. The third-order valence-electron chi connectivity index (χ3n) is 2.19. The largest absolute Gasteiger partial charge is 0.491 e. The van der Waals surface area contributed by atoms with Crippen LogP contribution in [0.3, 0.4) is 0 Å². The van der Waals surface area contributed by atoms with Gasteiger partial charge in [-0.2, -0.15) is 0 Å². The Labute approximate surface area is 73.2 Å². The van der Waals surface area contributed by atoms with Gasteiger partial charge in [0.1, 0.15) is 11.7 Å². The molecule has 1 atom stereocenters. The van der Waals surface area contributed by atoms with Gasteiger partial charge in [0, 0.05) is 6.42 Å². The molecule has 13 heavy (non-hydrogen) atoms. The topological polar surface area (TPSA) is 50.9 Å². The number of halogens is 2. The van der Waals surface area contributed by atoms with Crippen LogP contribution >= 0.6 is 0 Å². The summed E-state index contributed by atoms with van der Waals surface area (Å²) in [6.45, 7) is 1.76. The van der Waals surface area contributed by atoms with Crippen LogP contribution in [0, 0.1) is 0 Å². The maximum atomic E-state index is 12.6. The predicted octanol–water partition coefficient (Wildman–Crippen LogP) is 1.13. The Morgan fingerprint density at radius 1 is 1.69 bits per heavy atom. The minimum Gasteiger partial charge on any atom is -0.491 e. The van der Waals surface area contributed by atoms with Crippen LogP contribution in [0.4, 0.5) is 8.78 Å². The van der Waals surface area contributed by atoms with Gasteiger partial charge in [-0.05, 0) is 6.42 Å². The second-order valence-electron chi connectivity index (χ2n) is 3.14. The highest BCUT2D eigenvalue weighted by molar-refractivity contribution is 5.18. The van der Waals surface area contributed by atoms with Crippen molar-refractivity contribution in [2.24, 2.45) is 0 Å². The molecule has 4 nitrogen and oxygen atoms in total. The maximum Gasteiger partial charge on any atom is 0.272 e. The van der Waals surface area contributed by atoms with Gasteiger partial charge in [-0.15, -0.1) is 0 Å². The zero-order valence-corrected chi connectivity index (χ0v) is 7.04. The molecule has 0 radical (unpaired) electrons. The van der Waals surface area contributed by atoms with Crippen LogP contribution in [0.1, 0.15) is 25.1 Å². The lowest BCUT2D eigenvalue weighted by atomic mass is 10.3. The first-order chi connectivity index (χ1) is 6.06. The number of hydrogen-bond acceptors (Lipinski definition) is 3. The van der Waals surface area contributed by atoms with Crippen LogP contribution in [-0.2, 0) is 6.42 Å². The molecule has 0 aliphatic heterocycles. The highest BCUT2D eigenvalue weighted by Crippen LogP contribution is 2.52. The average molecular weight is 189 g/mol. The zero-order valence-electron chi connectivity index (χ0n) is 7.04. The van der Waals surface area contributed by atoms with E-state index in [-0.39, 0.29) is 12.3 Å². The molecule has 1 aromatic rings. The van der Waals surface area contributed by atoms with Crippen molar-refractivity contribution in [1.29, 1.82) is 0 Å². The van der Waals surface area contributed by atoms with E-state index >= 15 is 0 Å². The molecule has 6 heteroatoms. The summed E-state index contributed by atoms with van der Waals surface area (Å²) in [6, 6.07) is -0.907. The van der Waals surface area contributed by atoms with Crippen molar-refractivity contribution >= 4 is 0 Å². The Balaban J connectivity index is 2.32. The lowest BCUT2D eigenvalue weighted by molar-refractivity contribution is 0.0973. The first-order valence-corrected chi connectivity index (χ1v) is 4.07. The van der Waals surface area contributed by atoms with E-state index in [2.05, 4.69) is 10.3 Å². The van der Waals surface area contributed by atoms with E-state index in [1.54, 1.807) is 6.92 Å². The predicted molar refractivity (Wildman–Crippen MR) is 39.7 cm³/mol. The van der Waals surface area contributed by atoms with Gasteiger partial charge in [0.05, 0.1) is 0 Å². The molecule has 0 aromatic carbocycles. The van der Waals surface area contributed by atoms with Crippen molar-refractivity contribution in [2.75, 3.05) is 0 Å². The summed E-state index contributed by atoms with van der Waals surface area (Å²) in [5, 5.41) is 16.0. The van der Waals surface area contributed by atoms with Gasteiger partial charge >= 0.3 is 0 Å². The fourth-order valence-corrected chi connectivity index (χ4v) is 1.34. The average Bonchev–Trinajstić information content (AvgIpc) is 2.55. The van der Waals surface area contributed by atoms with Gasteiger partial charge in [0.2, 0.25) is 0 Å². The molecule has 1 saturated carbocycles. The van der Waals surface area contributed by atoms with E-state index < -0.39 is 12.0 Å². The molecule has 1 N–H and O–H groups in total. The molecule has 0 bridgehead atoms. The van der Waals surface area contributed by atoms with E-state index in [4.69, 9.17) is 5.11 Å². The van der Waals surface area contributed by atoms with Crippen molar-refractivity contribution in [3.8, 4) is 5.88 Å². The maximum absolute atomic E-state index is 12.6. The molecular formula is C7H9F2N3O. The summed E-state index contributed by atoms with van der Waals surface area (Å²) in [5.74, 6) is -2.92. The molecule has 1 unspecified atom stereocenters. The van der Waals surface area contributed by atoms with Crippen molar-refractivity contribution in [1.82, 2.24) is 15.0 Å². The Morgan fingerprint density at radius 3 is 2.77 bits per heavy atom. The van der Waals surface area contributed by atoms with Gasteiger partial charge in [0.15, 0.2) is 0 Å². The third-order valence-corrected chi connectivity index (χ3v) is 2.19. The number of aromatic nitrogens is 3. The minimum atomic E-state index is -2.68. The molecule has 0 spiro atoms. The van der Waals surface area contributed by atoms with Gasteiger partial charge in [0.25, 0.3) is 11.8 Å². The highest BCUT2D eigenvalue weighted by atomic mass is 19.3. The third kappa shape index (κ3) is 1.16. The molecule has 0 saturated heterocycles. The molecule has 1 fully saturated rings. The van der Waals surface area contributed by atoms with Crippen molar-refractivity contribution in [2.45, 2.75) is 31.7 Å². The first kappa shape index (κ1) is 8.40.